The molecular weight excluding hydrogens is 348 g/mol. The minimum Gasteiger partial charge on any atom is -0.462 e. The van der Waals surface area contributed by atoms with Gasteiger partial charge >= 0.3 is 5.97 Å². The van der Waals surface area contributed by atoms with Gasteiger partial charge in [-0.25, -0.2) is 4.79 Å². The van der Waals surface area contributed by atoms with Crippen molar-refractivity contribution in [3.05, 3.63) is 68.2 Å². The molecule has 0 saturated heterocycles. The van der Waals surface area contributed by atoms with Crippen molar-refractivity contribution in [2.24, 2.45) is 0 Å². The predicted molar refractivity (Wildman–Crippen MR) is 93.2 cm³/mol. The third-order valence-corrected chi connectivity index (χ3v) is 3.80. The van der Waals surface area contributed by atoms with Crippen LogP contribution in [-0.2, 0) is 4.74 Å². The molecule has 8 heteroatoms. The Kier molecular flexibility index (Phi) is 5.71. The number of rotatable bonds is 5. The van der Waals surface area contributed by atoms with E-state index in [1.165, 1.54) is 12.1 Å². The van der Waals surface area contributed by atoms with Gasteiger partial charge in [-0.3, -0.25) is 14.9 Å². The minimum atomic E-state index is -0.597. The van der Waals surface area contributed by atoms with E-state index in [1.54, 1.807) is 32.0 Å². The third-order valence-electron chi connectivity index (χ3n) is 3.49. The number of esters is 1. The highest BCUT2D eigenvalue weighted by Gasteiger charge is 2.18. The van der Waals surface area contributed by atoms with Gasteiger partial charge in [-0.1, -0.05) is 17.7 Å². The van der Waals surface area contributed by atoms with E-state index >= 15 is 0 Å². The van der Waals surface area contributed by atoms with Crippen molar-refractivity contribution >= 4 is 34.9 Å². The van der Waals surface area contributed by atoms with Crippen LogP contribution >= 0.6 is 11.6 Å². The lowest BCUT2D eigenvalue weighted by Gasteiger charge is -2.12. The van der Waals surface area contributed by atoms with E-state index in [1.807, 2.05) is 0 Å². The van der Waals surface area contributed by atoms with Crippen LogP contribution in [0.1, 0.15) is 33.2 Å². The van der Waals surface area contributed by atoms with Crippen molar-refractivity contribution in [3.63, 3.8) is 0 Å². The van der Waals surface area contributed by atoms with Crippen molar-refractivity contribution in [2.45, 2.75) is 13.8 Å². The lowest BCUT2D eigenvalue weighted by molar-refractivity contribution is -0.384. The molecule has 0 aliphatic carbocycles. The summed E-state index contributed by atoms with van der Waals surface area (Å²) in [6, 6.07) is 8.44. The maximum absolute atomic E-state index is 12.4. The van der Waals surface area contributed by atoms with Crippen LogP contribution in [0.3, 0.4) is 0 Å². The molecule has 0 radical (unpaired) electrons. The van der Waals surface area contributed by atoms with Gasteiger partial charge in [0.05, 0.1) is 27.7 Å². The number of anilines is 1. The molecule has 25 heavy (non-hydrogen) atoms. The molecule has 0 aliphatic rings. The highest BCUT2D eigenvalue weighted by molar-refractivity contribution is 6.34. The first-order chi connectivity index (χ1) is 11.8. The number of hydrogen-bond acceptors (Lipinski definition) is 5. The van der Waals surface area contributed by atoms with E-state index in [9.17, 15) is 19.7 Å². The molecule has 0 fully saturated rings. The molecule has 0 aliphatic heterocycles. The number of nitrogens with one attached hydrogen (secondary N) is 1. The van der Waals surface area contributed by atoms with Gasteiger partial charge in [-0.2, -0.15) is 0 Å². The van der Waals surface area contributed by atoms with Crippen molar-refractivity contribution in [1.29, 1.82) is 0 Å². The van der Waals surface area contributed by atoms with Gasteiger partial charge in [-0.15, -0.1) is 0 Å². The number of hydrogen-bond donors (Lipinski definition) is 1. The van der Waals surface area contributed by atoms with E-state index < -0.39 is 16.8 Å². The van der Waals surface area contributed by atoms with E-state index in [0.29, 0.717) is 16.8 Å². The van der Waals surface area contributed by atoms with E-state index in [2.05, 4.69) is 5.32 Å². The molecule has 0 spiro atoms. The molecule has 2 aromatic carbocycles. The molecule has 0 bridgehead atoms. The number of carbonyl (C=O) groups is 2. The minimum absolute atomic E-state index is 0.0362. The van der Waals surface area contributed by atoms with Crippen LogP contribution in [0.15, 0.2) is 36.4 Å². The number of nitro groups is 1. The number of carbonyl (C=O) groups excluding carboxylic acids is 2. The zero-order chi connectivity index (χ0) is 18.6. The smallest absolute Gasteiger partial charge is 0.338 e. The van der Waals surface area contributed by atoms with Crippen LogP contribution in [0.25, 0.3) is 0 Å². The first-order valence-electron chi connectivity index (χ1n) is 7.37. The Bertz CT molecular complexity index is 851. The van der Waals surface area contributed by atoms with Gasteiger partial charge in [0.2, 0.25) is 0 Å². The summed E-state index contributed by atoms with van der Waals surface area (Å²) in [5.41, 5.74) is 1.20. The predicted octanol–water partition coefficient (Wildman–Crippen LogP) is 3.99. The molecule has 0 aromatic heterocycles. The Morgan fingerprint density at radius 3 is 2.56 bits per heavy atom. The maximum Gasteiger partial charge on any atom is 0.338 e. The maximum atomic E-state index is 12.4. The van der Waals surface area contributed by atoms with Crippen molar-refractivity contribution in [1.82, 2.24) is 0 Å². The third kappa shape index (κ3) is 4.13. The summed E-state index contributed by atoms with van der Waals surface area (Å²) in [6.07, 6.45) is 0. The lowest BCUT2D eigenvalue weighted by Crippen LogP contribution is -2.15. The van der Waals surface area contributed by atoms with Crippen LogP contribution in [0, 0.1) is 17.0 Å². The van der Waals surface area contributed by atoms with Crippen LogP contribution in [0.4, 0.5) is 11.4 Å². The second-order valence-electron chi connectivity index (χ2n) is 5.07. The Hall–Kier alpha value is -2.93. The number of nitrogens with zero attached hydrogens (tertiary/aromatic N) is 1. The second kappa shape index (κ2) is 7.76. The summed E-state index contributed by atoms with van der Waals surface area (Å²) < 4.78 is 4.97. The molecule has 2 aromatic rings. The summed E-state index contributed by atoms with van der Waals surface area (Å²) >= 11 is 5.96. The average molecular weight is 363 g/mol. The molecule has 0 heterocycles. The lowest BCUT2D eigenvalue weighted by atomic mass is 10.1. The van der Waals surface area contributed by atoms with Gasteiger partial charge in [0.1, 0.15) is 0 Å². The molecule has 7 nitrogen and oxygen atoms in total. The van der Waals surface area contributed by atoms with Crippen LogP contribution in [0.2, 0.25) is 5.02 Å². The second-order valence-corrected chi connectivity index (χ2v) is 5.48. The first kappa shape index (κ1) is 18.4. The van der Waals surface area contributed by atoms with Gasteiger partial charge in [0.15, 0.2) is 0 Å². The number of halogens is 1. The van der Waals surface area contributed by atoms with E-state index in [0.717, 1.165) is 6.07 Å². The molecule has 1 amide bonds. The molecule has 0 saturated carbocycles. The van der Waals surface area contributed by atoms with E-state index in [-0.39, 0.29) is 22.9 Å². The number of ether oxygens (including phenoxy) is 1. The summed E-state index contributed by atoms with van der Waals surface area (Å²) in [4.78, 5) is 34.4. The summed E-state index contributed by atoms with van der Waals surface area (Å²) in [5.74, 6) is -1.02. The number of non-ortho nitro benzene ring substituents is 1. The normalized spacial score (nSPS) is 10.2. The SMILES string of the molecule is CCOC(=O)c1cccc(NC(=O)c2ccc([N+](=O)[O-])cc2Cl)c1C. The summed E-state index contributed by atoms with van der Waals surface area (Å²) in [7, 11) is 0. The zero-order valence-corrected chi connectivity index (χ0v) is 14.3. The number of amides is 1. The summed E-state index contributed by atoms with van der Waals surface area (Å²) in [6.45, 7) is 3.63. The quantitative estimate of drug-likeness (QED) is 0.492. The van der Waals surface area contributed by atoms with E-state index in [4.69, 9.17) is 16.3 Å². The Morgan fingerprint density at radius 1 is 1.24 bits per heavy atom. The van der Waals surface area contributed by atoms with Crippen molar-refractivity contribution in [2.75, 3.05) is 11.9 Å². The molecule has 130 valence electrons. The fraction of sp³-hybridized carbons (Fsp3) is 0.176. The molecule has 0 unspecified atom stereocenters. The summed E-state index contributed by atoms with van der Waals surface area (Å²) in [5, 5.41) is 13.3. The van der Waals surface area contributed by atoms with Gasteiger partial charge in [-0.05, 0) is 37.6 Å². The standard InChI is InChI=1S/C17H15ClN2O5/c1-3-25-17(22)12-5-4-6-15(10(12)2)19-16(21)13-8-7-11(20(23)24)9-14(13)18/h4-9H,3H2,1-2H3,(H,19,21). The molecular formula is C17H15ClN2O5. The van der Waals surface area contributed by atoms with Crippen molar-refractivity contribution in [3.8, 4) is 0 Å². The van der Waals surface area contributed by atoms with Gasteiger partial charge in [0.25, 0.3) is 11.6 Å². The highest BCUT2D eigenvalue weighted by atomic mass is 35.5. The number of benzene rings is 2. The van der Waals surface area contributed by atoms with Gasteiger partial charge < -0.3 is 10.1 Å². The van der Waals surface area contributed by atoms with Gasteiger partial charge in [0, 0.05) is 17.8 Å². The molecule has 2 rings (SSSR count). The Balaban J connectivity index is 2.28. The fourth-order valence-electron chi connectivity index (χ4n) is 2.19. The topological polar surface area (TPSA) is 98.5 Å². The van der Waals surface area contributed by atoms with Crippen LogP contribution < -0.4 is 5.32 Å². The number of nitro benzene ring substituents is 1. The monoisotopic (exact) mass is 362 g/mol. The molecule has 1 N–H and O–H groups in total. The Labute approximate surface area is 148 Å². The van der Waals surface area contributed by atoms with Crippen LogP contribution in [-0.4, -0.2) is 23.4 Å². The first-order valence-corrected chi connectivity index (χ1v) is 7.75. The zero-order valence-electron chi connectivity index (χ0n) is 13.5. The average Bonchev–Trinajstić information content (AvgIpc) is 2.56. The van der Waals surface area contributed by atoms with Crippen LogP contribution in [0.5, 0.6) is 0 Å². The fourth-order valence-corrected chi connectivity index (χ4v) is 2.45. The molecule has 0 atom stereocenters. The largest absolute Gasteiger partial charge is 0.462 e. The Morgan fingerprint density at radius 2 is 1.96 bits per heavy atom. The highest BCUT2D eigenvalue weighted by Crippen LogP contribution is 2.25. The van der Waals surface area contributed by atoms with Crippen molar-refractivity contribution < 1.29 is 19.2 Å².